The molecule has 2 unspecified atom stereocenters. The highest BCUT2D eigenvalue weighted by Crippen LogP contribution is 2.39. The summed E-state index contributed by atoms with van der Waals surface area (Å²) < 4.78 is 5.87. The molecule has 2 atom stereocenters. The van der Waals surface area contributed by atoms with Crippen LogP contribution in [-0.2, 0) is 4.79 Å². The summed E-state index contributed by atoms with van der Waals surface area (Å²) in [5, 5.41) is 0. The summed E-state index contributed by atoms with van der Waals surface area (Å²) in [6.45, 7) is 4.65. The highest BCUT2D eigenvalue weighted by atomic mass is 16.5. The molecule has 1 aromatic carbocycles. The van der Waals surface area contributed by atoms with E-state index in [0.717, 1.165) is 17.0 Å². The van der Waals surface area contributed by atoms with Gasteiger partial charge in [0.2, 0.25) is 0 Å². The Bertz CT molecular complexity index is 566. The molecule has 23 heavy (non-hydrogen) atoms. The smallest absolute Gasteiger partial charge is 0.268 e. The number of amides is 1. The van der Waals surface area contributed by atoms with Gasteiger partial charge < -0.3 is 15.4 Å². The first-order chi connectivity index (χ1) is 11.2. The first kappa shape index (κ1) is 16.3. The number of carbonyl (C=O) groups is 1. The van der Waals surface area contributed by atoms with Gasteiger partial charge in [-0.3, -0.25) is 4.79 Å². The van der Waals surface area contributed by atoms with Gasteiger partial charge in [0.15, 0.2) is 6.10 Å². The number of benzene rings is 1. The maximum absolute atomic E-state index is 12.5. The molecule has 1 aliphatic heterocycles. The summed E-state index contributed by atoms with van der Waals surface area (Å²) in [6.07, 6.45) is 6.65. The molecule has 1 fully saturated rings. The lowest BCUT2D eigenvalue weighted by atomic mass is 9.81. The molecular weight excluding hydrogens is 288 g/mol. The molecule has 0 bridgehead atoms. The molecule has 0 aromatic heterocycles. The Morgan fingerprint density at radius 3 is 2.65 bits per heavy atom. The van der Waals surface area contributed by atoms with Crippen molar-refractivity contribution in [3.05, 3.63) is 23.8 Å². The topological polar surface area (TPSA) is 55.6 Å². The fraction of sp³-hybridized carbons (Fsp3) is 0.632. The summed E-state index contributed by atoms with van der Waals surface area (Å²) in [5.41, 5.74) is 8.54. The SMILES string of the molecule is CCC1Oc2ccc(C(N)C3CCCCC3)cc2N(CC)C1=O. The van der Waals surface area contributed by atoms with Crippen molar-refractivity contribution >= 4 is 11.6 Å². The molecule has 1 aromatic rings. The Balaban J connectivity index is 1.88. The molecule has 0 saturated heterocycles. The van der Waals surface area contributed by atoms with Crippen molar-refractivity contribution in [2.75, 3.05) is 11.4 Å². The highest BCUT2D eigenvalue weighted by Gasteiger charge is 2.33. The van der Waals surface area contributed by atoms with Crippen LogP contribution in [0.4, 0.5) is 5.69 Å². The number of hydrogen-bond acceptors (Lipinski definition) is 3. The molecule has 1 heterocycles. The lowest BCUT2D eigenvalue weighted by molar-refractivity contribution is -0.126. The molecule has 1 amide bonds. The van der Waals surface area contributed by atoms with E-state index in [0.29, 0.717) is 18.9 Å². The monoisotopic (exact) mass is 316 g/mol. The predicted molar refractivity (Wildman–Crippen MR) is 92.7 cm³/mol. The van der Waals surface area contributed by atoms with Crippen LogP contribution in [0.1, 0.15) is 64.0 Å². The first-order valence-electron chi connectivity index (χ1n) is 9.03. The molecule has 126 valence electrons. The fourth-order valence-corrected chi connectivity index (χ4v) is 3.90. The van der Waals surface area contributed by atoms with Crippen LogP contribution in [0.2, 0.25) is 0 Å². The Morgan fingerprint density at radius 1 is 1.26 bits per heavy atom. The minimum Gasteiger partial charge on any atom is -0.478 e. The van der Waals surface area contributed by atoms with E-state index < -0.39 is 0 Å². The van der Waals surface area contributed by atoms with E-state index in [2.05, 4.69) is 12.1 Å². The highest BCUT2D eigenvalue weighted by molar-refractivity contribution is 6.00. The Kier molecular flexibility index (Phi) is 4.90. The normalized spacial score (nSPS) is 23.3. The summed E-state index contributed by atoms with van der Waals surface area (Å²) in [5.74, 6) is 1.42. The molecule has 0 radical (unpaired) electrons. The number of hydrogen-bond donors (Lipinski definition) is 1. The molecule has 4 nitrogen and oxygen atoms in total. The number of likely N-dealkylation sites (N-methyl/N-ethyl adjacent to an activating group) is 1. The van der Waals surface area contributed by atoms with Gasteiger partial charge in [-0.2, -0.15) is 0 Å². The standard InChI is InChI=1S/C19H28N2O2/c1-3-16-19(22)21(4-2)15-12-14(10-11-17(15)23-16)18(20)13-8-6-5-7-9-13/h10-13,16,18H,3-9,20H2,1-2H3. The van der Waals surface area contributed by atoms with Crippen molar-refractivity contribution in [1.82, 2.24) is 0 Å². The zero-order valence-electron chi connectivity index (χ0n) is 14.3. The van der Waals surface area contributed by atoms with Crippen molar-refractivity contribution in [3.63, 3.8) is 0 Å². The van der Waals surface area contributed by atoms with E-state index in [-0.39, 0.29) is 18.1 Å². The van der Waals surface area contributed by atoms with Gasteiger partial charge in [-0.25, -0.2) is 0 Å². The van der Waals surface area contributed by atoms with E-state index in [9.17, 15) is 4.79 Å². The van der Waals surface area contributed by atoms with Gasteiger partial charge in [0.05, 0.1) is 5.69 Å². The lowest BCUT2D eigenvalue weighted by Gasteiger charge is -2.35. The molecule has 3 rings (SSSR count). The van der Waals surface area contributed by atoms with Crippen LogP contribution in [0.5, 0.6) is 5.75 Å². The van der Waals surface area contributed by atoms with Gasteiger partial charge in [0, 0.05) is 12.6 Å². The first-order valence-corrected chi connectivity index (χ1v) is 9.03. The van der Waals surface area contributed by atoms with Gasteiger partial charge in [-0.15, -0.1) is 0 Å². The molecule has 1 aliphatic carbocycles. The van der Waals surface area contributed by atoms with Crippen LogP contribution in [0.3, 0.4) is 0 Å². The molecule has 2 N–H and O–H groups in total. The van der Waals surface area contributed by atoms with Crippen LogP contribution >= 0.6 is 0 Å². The second-order valence-corrected chi connectivity index (χ2v) is 6.75. The third kappa shape index (κ3) is 3.09. The van der Waals surface area contributed by atoms with Gasteiger partial charge in [-0.1, -0.05) is 32.3 Å². The number of rotatable bonds is 4. The van der Waals surface area contributed by atoms with Gasteiger partial charge in [0.1, 0.15) is 5.75 Å². The van der Waals surface area contributed by atoms with Crippen molar-refractivity contribution < 1.29 is 9.53 Å². The molecule has 1 saturated carbocycles. The maximum Gasteiger partial charge on any atom is 0.268 e. The number of nitrogens with zero attached hydrogens (tertiary/aromatic N) is 1. The van der Waals surface area contributed by atoms with Gasteiger partial charge in [-0.05, 0) is 49.8 Å². The van der Waals surface area contributed by atoms with E-state index in [1.54, 1.807) is 0 Å². The van der Waals surface area contributed by atoms with Crippen LogP contribution < -0.4 is 15.4 Å². The summed E-state index contributed by atoms with van der Waals surface area (Å²) in [4.78, 5) is 14.3. The summed E-state index contributed by atoms with van der Waals surface area (Å²) >= 11 is 0. The van der Waals surface area contributed by atoms with Crippen molar-refractivity contribution in [3.8, 4) is 5.75 Å². The summed E-state index contributed by atoms with van der Waals surface area (Å²) in [7, 11) is 0. The largest absolute Gasteiger partial charge is 0.478 e. The average Bonchev–Trinajstić information content (AvgIpc) is 2.61. The van der Waals surface area contributed by atoms with Crippen molar-refractivity contribution in [2.24, 2.45) is 11.7 Å². The Labute approximate surface area is 139 Å². The zero-order valence-corrected chi connectivity index (χ0v) is 14.3. The van der Waals surface area contributed by atoms with Crippen molar-refractivity contribution in [2.45, 2.75) is 64.5 Å². The fourth-order valence-electron chi connectivity index (χ4n) is 3.90. The summed E-state index contributed by atoms with van der Waals surface area (Å²) in [6, 6.07) is 6.19. The third-order valence-corrected chi connectivity index (χ3v) is 5.31. The quantitative estimate of drug-likeness (QED) is 0.919. The lowest BCUT2D eigenvalue weighted by Crippen LogP contribution is -2.45. The number of ether oxygens (including phenoxy) is 1. The predicted octanol–water partition coefficient (Wildman–Crippen LogP) is 3.79. The van der Waals surface area contributed by atoms with Crippen LogP contribution in [0, 0.1) is 5.92 Å². The van der Waals surface area contributed by atoms with Crippen LogP contribution in [0.25, 0.3) is 0 Å². The molecule has 0 spiro atoms. The second kappa shape index (κ2) is 6.91. The zero-order chi connectivity index (χ0) is 16.4. The Morgan fingerprint density at radius 2 is 2.00 bits per heavy atom. The minimum absolute atomic E-state index is 0.0540. The maximum atomic E-state index is 12.5. The van der Waals surface area contributed by atoms with Crippen LogP contribution in [0.15, 0.2) is 18.2 Å². The number of fused-ring (bicyclic) bond motifs is 1. The molecule has 4 heteroatoms. The van der Waals surface area contributed by atoms with Crippen molar-refractivity contribution in [1.29, 1.82) is 0 Å². The van der Waals surface area contributed by atoms with E-state index in [1.807, 2.05) is 24.8 Å². The number of nitrogens with two attached hydrogens (primary N) is 1. The number of carbonyl (C=O) groups excluding carboxylic acids is 1. The minimum atomic E-state index is -0.361. The Hall–Kier alpha value is -1.55. The van der Waals surface area contributed by atoms with Gasteiger partial charge in [0.25, 0.3) is 5.91 Å². The molecular formula is C19H28N2O2. The van der Waals surface area contributed by atoms with E-state index in [1.165, 1.54) is 32.1 Å². The average molecular weight is 316 g/mol. The van der Waals surface area contributed by atoms with E-state index >= 15 is 0 Å². The van der Waals surface area contributed by atoms with E-state index in [4.69, 9.17) is 10.5 Å². The third-order valence-electron chi connectivity index (χ3n) is 5.31. The van der Waals surface area contributed by atoms with Crippen LogP contribution in [-0.4, -0.2) is 18.6 Å². The molecule has 2 aliphatic rings. The van der Waals surface area contributed by atoms with Gasteiger partial charge >= 0.3 is 0 Å². The number of anilines is 1. The second-order valence-electron chi connectivity index (χ2n) is 6.75.